The molecule has 0 aliphatic rings. The van der Waals surface area contributed by atoms with Gasteiger partial charge < -0.3 is 10.5 Å². The number of rotatable bonds is 5. The van der Waals surface area contributed by atoms with Crippen LogP contribution < -0.4 is 5.73 Å². The van der Waals surface area contributed by atoms with Gasteiger partial charge in [-0.1, -0.05) is 42.0 Å². The molecule has 0 saturated heterocycles. The largest absolute Gasteiger partial charge is 0.382 e. The first-order chi connectivity index (χ1) is 15.5. The first kappa shape index (κ1) is 20.2. The number of ether oxygens (including phenoxy) is 1. The van der Waals surface area contributed by atoms with Crippen molar-refractivity contribution in [2.75, 3.05) is 12.8 Å². The van der Waals surface area contributed by atoms with Crippen LogP contribution in [0.5, 0.6) is 0 Å². The Morgan fingerprint density at radius 1 is 1.03 bits per heavy atom. The Bertz CT molecular complexity index is 1410. The van der Waals surface area contributed by atoms with Crippen molar-refractivity contribution >= 4 is 22.8 Å². The summed E-state index contributed by atoms with van der Waals surface area (Å²) >= 11 is 1.44. The molecule has 160 valence electrons. The minimum absolute atomic E-state index is 0.250. The van der Waals surface area contributed by atoms with Crippen LogP contribution in [0.3, 0.4) is 0 Å². The zero-order valence-corrected chi connectivity index (χ0v) is 18.2. The second-order valence-corrected chi connectivity index (χ2v) is 8.19. The highest BCUT2D eigenvalue weighted by atomic mass is 32.1. The highest BCUT2D eigenvalue weighted by molar-refractivity contribution is 7.13. The van der Waals surface area contributed by atoms with Gasteiger partial charge in [0.15, 0.2) is 17.2 Å². The summed E-state index contributed by atoms with van der Waals surface area (Å²) in [5.41, 5.74) is 12.5. The summed E-state index contributed by atoms with van der Waals surface area (Å²) < 4.78 is 20.3. The number of methoxy groups -OCH3 is 1. The molecule has 0 unspecified atom stereocenters. The molecule has 0 aliphatic heterocycles. The third kappa shape index (κ3) is 3.51. The monoisotopic (exact) mass is 446 g/mol. The Hall–Kier alpha value is -3.69. The summed E-state index contributed by atoms with van der Waals surface area (Å²) in [4.78, 5) is 4.71. The third-order valence-corrected chi connectivity index (χ3v) is 5.97. The van der Waals surface area contributed by atoms with Crippen molar-refractivity contribution in [3.05, 3.63) is 71.0 Å². The van der Waals surface area contributed by atoms with Gasteiger partial charge in [-0.05, 0) is 24.6 Å². The summed E-state index contributed by atoms with van der Waals surface area (Å²) in [5, 5.41) is 16.0. The maximum Gasteiger partial charge on any atom is 0.187 e. The van der Waals surface area contributed by atoms with Gasteiger partial charge in [-0.2, -0.15) is 9.61 Å². The smallest absolute Gasteiger partial charge is 0.187 e. The molecule has 0 radical (unpaired) electrons. The Morgan fingerprint density at radius 3 is 2.47 bits per heavy atom. The third-order valence-electron chi connectivity index (χ3n) is 5.12. The molecular formula is C23H19FN6OS. The van der Waals surface area contributed by atoms with Crippen LogP contribution in [0.1, 0.15) is 11.3 Å². The second-order valence-electron chi connectivity index (χ2n) is 7.33. The Morgan fingerprint density at radius 2 is 1.75 bits per heavy atom. The highest BCUT2D eigenvalue weighted by Crippen LogP contribution is 2.34. The van der Waals surface area contributed by atoms with Gasteiger partial charge >= 0.3 is 0 Å². The van der Waals surface area contributed by atoms with E-state index in [-0.39, 0.29) is 12.4 Å². The van der Waals surface area contributed by atoms with Crippen molar-refractivity contribution in [2.24, 2.45) is 0 Å². The lowest BCUT2D eigenvalue weighted by Crippen LogP contribution is -2.05. The number of hydrogen-bond acceptors (Lipinski definition) is 7. The molecule has 0 aliphatic carbocycles. The van der Waals surface area contributed by atoms with Crippen molar-refractivity contribution < 1.29 is 9.13 Å². The van der Waals surface area contributed by atoms with Crippen molar-refractivity contribution in [1.82, 2.24) is 24.8 Å². The minimum atomic E-state index is -0.320. The fraction of sp³-hybridized carbons (Fsp3) is 0.130. The van der Waals surface area contributed by atoms with Crippen LogP contribution in [-0.2, 0) is 11.3 Å². The van der Waals surface area contributed by atoms with Crippen LogP contribution in [0.25, 0.3) is 38.7 Å². The number of aryl methyl sites for hydroxylation is 1. The lowest BCUT2D eigenvalue weighted by molar-refractivity contribution is 0.181. The Labute approximate surface area is 187 Å². The van der Waals surface area contributed by atoms with Crippen molar-refractivity contribution in [2.45, 2.75) is 13.5 Å². The number of hydrogen-bond donors (Lipinski definition) is 1. The molecule has 0 bridgehead atoms. The number of nitrogens with zero attached hydrogens (tertiary/aromatic N) is 5. The van der Waals surface area contributed by atoms with Gasteiger partial charge in [0.05, 0.1) is 23.6 Å². The van der Waals surface area contributed by atoms with Crippen LogP contribution in [0, 0.1) is 12.7 Å². The van der Waals surface area contributed by atoms with Gasteiger partial charge in [0.25, 0.3) is 0 Å². The van der Waals surface area contributed by atoms with Crippen LogP contribution in [-0.4, -0.2) is 31.9 Å². The predicted octanol–water partition coefficient (Wildman–Crippen LogP) is 4.76. The van der Waals surface area contributed by atoms with E-state index in [0.717, 1.165) is 16.8 Å². The summed E-state index contributed by atoms with van der Waals surface area (Å²) in [6.07, 6.45) is 0. The molecular weight excluding hydrogens is 427 g/mol. The summed E-state index contributed by atoms with van der Waals surface area (Å²) in [5.74, 6) is 0.00470. The molecule has 2 N–H and O–H groups in total. The van der Waals surface area contributed by atoms with E-state index in [1.54, 1.807) is 23.8 Å². The number of fused-ring (bicyclic) bond motifs is 1. The summed E-state index contributed by atoms with van der Waals surface area (Å²) in [7, 11) is 1.58. The fourth-order valence-electron chi connectivity index (χ4n) is 3.50. The molecule has 0 saturated carbocycles. The first-order valence-corrected chi connectivity index (χ1v) is 10.7. The van der Waals surface area contributed by atoms with Gasteiger partial charge in [0, 0.05) is 18.1 Å². The first-order valence-electron chi connectivity index (χ1n) is 9.86. The van der Waals surface area contributed by atoms with Gasteiger partial charge in [-0.25, -0.2) is 9.37 Å². The lowest BCUT2D eigenvalue weighted by Gasteiger charge is -2.04. The maximum absolute atomic E-state index is 13.4. The molecule has 32 heavy (non-hydrogen) atoms. The van der Waals surface area contributed by atoms with Crippen LogP contribution in [0.15, 0.2) is 53.9 Å². The zero-order valence-electron chi connectivity index (χ0n) is 17.4. The molecule has 0 atom stereocenters. The number of nitrogen functional groups attached to an aromatic ring is 1. The second kappa shape index (κ2) is 8.10. The fourth-order valence-corrected chi connectivity index (χ4v) is 4.32. The van der Waals surface area contributed by atoms with Gasteiger partial charge in [-0.15, -0.1) is 21.5 Å². The molecule has 9 heteroatoms. The number of nitrogens with two attached hydrogens (primary N) is 1. The molecule has 5 aromatic rings. The lowest BCUT2D eigenvalue weighted by atomic mass is 10.1. The van der Waals surface area contributed by atoms with Crippen LogP contribution in [0.2, 0.25) is 0 Å². The standard InChI is InChI=1S/C23H19FN6OS/c1-13-3-5-14(6-4-13)18-12-32-23(26-18)20-21(25)30-22(28-27-20)19(17(29-30)11-31-2)15-7-9-16(24)10-8-15/h3-10,12H,11,25H2,1-2H3. The van der Waals surface area contributed by atoms with E-state index < -0.39 is 0 Å². The van der Waals surface area contributed by atoms with Crippen molar-refractivity contribution in [3.8, 4) is 33.1 Å². The van der Waals surface area contributed by atoms with Gasteiger partial charge in [0.1, 0.15) is 10.8 Å². The predicted molar refractivity (Wildman–Crippen MR) is 123 cm³/mol. The number of anilines is 1. The molecule has 0 amide bonds. The molecule has 2 aromatic carbocycles. The molecule has 0 fully saturated rings. The van der Waals surface area contributed by atoms with E-state index in [2.05, 4.69) is 15.3 Å². The highest BCUT2D eigenvalue weighted by Gasteiger charge is 2.21. The molecule has 7 nitrogen and oxygen atoms in total. The molecule has 5 rings (SSSR count). The van der Waals surface area contributed by atoms with Crippen LogP contribution >= 0.6 is 11.3 Å². The topological polar surface area (TPSA) is 91.2 Å². The average Bonchev–Trinajstić information content (AvgIpc) is 3.41. The van der Waals surface area contributed by atoms with E-state index in [0.29, 0.717) is 33.4 Å². The van der Waals surface area contributed by atoms with E-state index >= 15 is 0 Å². The molecule has 3 aromatic heterocycles. The quantitative estimate of drug-likeness (QED) is 0.419. The summed E-state index contributed by atoms with van der Waals surface area (Å²) in [6.45, 7) is 2.30. The number of halogens is 1. The van der Waals surface area contributed by atoms with E-state index in [4.69, 9.17) is 15.5 Å². The van der Waals surface area contributed by atoms with Crippen LogP contribution in [0.4, 0.5) is 10.2 Å². The zero-order chi connectivity index (χ0) is 22.2. The minimum Gasteiger partial charge on any atom is -0.382 e. The van der Waals surface area contributed by atoms with E-state index in [9.17, 15) is 4.39 Å². The summed E-state index contributed by atoms with van der Waals surface area (Å²) in [6, 6.07) is 14.3. The van der Waals surface area contributed by atoms with Crippen molar-refractivity contribution in [1.29, 1.82) is 0 Å². The Balaban J connectivity index is 1.62. The van der Waals surface area contributed by atoms with E-state index in [1.807, 2.05) is 36.6 Å². The SMILES string of the molecule is COCc1nn2c(N)c(-c3nc(-c4ccc(C)cc4)cs3)nnc2c1-c1ccc(F)cc1. The van der Waals surface area contributed by atoms with Gasteiger partial charge in [0.2, 0.25) is 0 Å². The average molecular weight is 447 g/mol. The van der Waals surface area contributed by atoms with E-state index in [1.165, 1.54) is 29.0 Å². The van der Waals surface area contributed by atoms with Crippen molar-refractivity contribution in [3.63, 3.8) is 0 Å². The van der Waals surface area contributed by atoms with Gasteiger partial charge in [-0.3, -0.25) is 0 Å². The Kier molecular flexibility index (Phi) is 5.12. The molecule has 0 spiro atoms. The number of thiazole rings is 1. The number of aromatic nitrogens is 5. The normalized spacial score (nSPS) is 11.3. The number of benzene rings is 2. The maximum atomic E-state index is 13.4. The molecule has 3 heterocycles.